The van der Waals surface area contributed by atoms with Crippen LogP contribution < -0.4 is 10.2 Å². The van der Waals surface area contributed by atoms with Gasteiger partial charge < -0.3 is 14.2 Å². The van der Waals surface area contributed by atoms with Crippen LogP contribution in [0.2, 0.25) is 0 Å². The van der Waals surface area contributed by atoms with E-state index < -0.39 is 0 Å². The number of aromatic nitrogens is 3. The molecular formula is C16H22N6O3. The van der Waals surface area contributed by atoms with Crippen molar-refractivity contribution in [3.8, 4) is 0 Å². The molecule has 1 fully saturated rings. The van der Waals surface area contributed by atoms with E-state index in [1.54, 1.807) is 19.2 Å². The molecule has 3 heterocycles. The van der Waals surface area contributed by atoms with Crippen molar-refractivity contribution in [1.29, 1.82) is 0 Å². The molecule has 0 saturated carbocycles. The minimum absolute atomic E-state index is 0.00100. The first-order chi connectivity index (χ1) is 12.1. The van der Waals surface area contributed by atoms with E-state index in [2.05, 4.69) is 25.6 Å². The van der Waals surface area contributed by atoms with Crippen molar-refractivity contribution >= 4 is 17.6 Å². The minimum Gasteiger partial charge on any atom is -0.374 e. The molecule has 134 valence electrons. The zero-order valence-corrected chi connectivity index (χ0v) is 14.4. The van der Waals surface area contributed by atoms with E-state index in [0.29, 0.717) is 32.1 Å². The molecule has 0 spiro atoms. The van der Waals surface area contributed by atoms with Gasteiger partial charge in [-0.2, -0.15) is 5.10 Å². The van der Waals surface area contributed by atoms with Gasteiger partial charge in [0.05, 0.1) is 24.9 Å². The smallest absolute Gasteiger partial charge is 0.240 e. The molecule has 0 radical (unpaired) electrons. The lowest BCUT2D eigenvalue weighted by molar-refractivity contribution is -0.119. The summed E-state index contributed by atoms with van der Waals surface area (Å²) in [6.45, 7) is 4.75. The fraction of sp³-hybridized carbons (Fsp3) is 0.500. The largest absolute Gasteiger partial charge is 0.374 e. The number of hydrogen-bond acceptors (Lipinski definition) is 8. The Balaban J connectivity index is 1.48. The number of carbonyl (C=O) groups excluding carboxylic acids is 1. The first-order valence-electron chi connectivity index (χ1n) is 8.16. The van der Waals surface area contributed by atoms with Crippen molar-refractivity contribution in [3.63, 3.8) is 0 Å². The lowest BCUT2D eigenvalue weighted by Gasteiger charge is -2.34. The molecule has 3 rings (SSSR count). The van der Waals surface area contributed by atoms with Crippen molar-refractivity contribution in [2.75, 3.05) is 50.1 Å². The number of hydrogen-bond donors (Lipinski definition) is 1. The van der Waals surface area contributed by atoms with Crippen molar-refractivity contribution in [1.82, 2.24) is 20.3 Å². The van der Waals surface area contributed by atoms with Gasteiger partial charge in [-0.15, -0.1) is 5.10 Å². The second-order valence-electron chi connectivity index (χ2n) is 6.07. The number of nitrogens with one attached hydrogen (secondary N) is 1. The number of likely N-dealkylation sites (N-methyl/N-ethyl adjacent to an activating group) is 1. The standard InChI is InChI=1S/C16H22N6O3/c1-12-8-16(25-20-12)18-15(23)11-22-6-7-24-13(10-22)9-21(2)14-4-3-5-17-19-14/h3-5,8,13H,6-7,9-11H2,1-2H3,(H,18,23)/t13-/m1/s1. The van der Waals surface area contributed by atoms with Gasteiger partial charge in [0.2, 0.25) is 11.8 Å². The zero-order chi connectivity index (χ0) is 17.6. The summed E-state index contributed by atoms with van der Waals surface area (Å²) in [7, 11) is 1.95. The van der Waals surface area contributed by atoms with E-state index in [1.807, 2.05) is 24.1 Å². The second-order valence-corrected chi connectivity index (χ2v) is 6.07. The highest BCUT2D eigenvalue weighted by Crippen LogP contribution is 2.12. The van der Waals surface area contributed by atoms with Gasteiger partial charge in [-0.1, -0.05) is 5.16 Å². The van der Waals surface area contributed by atoms with Crippen LogP contribution in [0.3, 0.4) is 0 Å². The summed E-state index contributed by atoms with van der Waals surface area (Å²) in [4.78, 5) is 16.2. The van der Waals surface area contributed by atoms with Gasteiger partial charge in [-0.3, -0.25) is 15.0 Å². The molecule has 1 aliphatic rings. The molecule has 0 aliphatic carbocycles. The minimum atomic E-state index is -0.126. The van der Waals surface area contributed by atoms with Gasteiger partial charge in [0, 0.05) is 38.9 Å². The summed E-state index contributed by atoms with van der Waals surface area (Å²) in [5, 5.41) is 14.4. The number of rotatable bonds is 6. The van der Waals surface area contributed by atoms with Crippen LogP contribution in [0.5, 0.6) is 0 Å². The van der Waals surface area contributed by atoms with Gasteiger partial charge in [-0.25, -0.2) is 0 Å². The summed E-state index contributed by atoms with van der Waals surface area (Å²) in [5.74, 6) is 1.04. The third kappa shape index (κ3) is 4.97. The van der Waals surface area contributed by atoms with Crippen LogP contribution >= 0.6 is 0 Å². The number of amides is 1. The Morgan fingerprint density at radius 3 is 3.12 bits per heavy atom. The predicted molar refractivity (Wildman–Crippen MR) is 91.4 cm³/mol. The monoisotopic (exact) mass is 346 g/mol. The number of nitrogens with zero attached hydrogens (tertiary/aromatic N) is 5. The quantitative estimate of drug-likeness (QED) is 0.810. The van der Waals surface area contributed by atoms with E-state index in [0.717, 1.165) is 11.5 Å². The van der Waals surface area contributed by atoms with Crippen LogP contribution in [0.25, 0.3) is 0 Å². The number of ether oxygens (including phenoxy) is 1. The molecule has 1 amide bonds. The molecule has 9 nitrogen and oxygen atoms in total. The fourth-order valence-electron chi connectivity index (χ4n) is 2.73. The van der Waals surface area contributed by atoms with Gasteiger partial charge in [-0.05, 0) is 19.1 Å². The summed E-state index contributed by atoms with van der Waals surface area (Å²) < 4.78 is 10.8. The van der Waals surface area contributed by atoms with Crippen molar-refractivity contribution in [2.24, 2.45) is 0 Å². The van der Waals surface area contributed by atoms with E-state index in [-0.39, 0.29) is 18.6 Å². The number of aryl methyl sites for hydroxylation is 1. The molecule has 1 aliphatic heterocycles. The lowest BCUT2D eigenvalue weighted by atomic mass is 10.2. The number of anilines is 2. The van der Waals surface area contributed by atoms with E-state index in [1.165, 1.54) is 0 Å². The zero-order valence-electron chi connectivity index (χ0n) is 14.4. The summed E-state index contributed by atoms with van der Waals surface area (Å²) >= 11 is 0. The molecule has 0 bridgehead atoms. The molecule has 25 heavy (non-hydrogen) atoms. The average molecular weight is 346 g/mol. The fourth-order valence-corrected chi connectivity index (χ4v) is 2.73. The van der Waals surface area contributed by atoms with E-state index in [9.17, 15) is 4.79 Å². The molecular weight excluding hydrogens is 324 g/mol. The lowest BCUT2D eigenvalue weighted by Crippen LogP contribution is -2.49. The molecule has 2 aromatic rings. The van der Waals surface area contributed by atoms with Gasteiger partial charge in [0.1, 0.15) is 0 Å². The molecule has 2 aromatic heterocycles. The van der Waals surface area contributed by atoms with Crippen molar-refractivity contribution < 1.29 is 14.1 Å². The summed E-state index contributed by atoms with van der Waals surface area (Å²) in [6, 6.07) is 5.44. The third-order valence-corrected chi connectivity index (χ3v) is 3.91. The van der Waals surface area contributed by atoms with Crippen LogP contribution in [-0.2, 0) is 9.53 Å². The molecule has 1 N–H and O–H groups in total. The van der Waals surface area contributed by atoms with Crippen LogP contribution in [0, 0.1) is 6.92 Å². The third-order valence-electron chi connectivity index (χ3n) is 3.91. The van der Waals surface area contributed by atoms with Crippen molar-refractivity contribution in [3.05, 3.63) is 30.1 Å². The molecule has 1 saturated heterocycles. The Hall–Kier alpha value is -2.52. The van der Waals surface area contributed by atoms with Gasteiger partial charge >= 0.3 is 0 Å². The Kier molecular flexibility index (Phi) is 5.56. The topological polar surface area (TPSA) is 96.6 Å². The van der Waals surface area contributed by atoms with Crippen LogP contribution in [0.1, 0.15) is 5.69 Å². The van der Waals surface area contributed by atoms with E-state index in [4.69, 9.17) is 9.26 Å². The summed E-state index contributed by atoms with van der Waals surface area (Å²) in [6.07, 6.45) is 1.64. The number of morpholine rings is 1. The highest BCUT2D eigenvalue weighted by molar-refractivity contribution is 5.90. The first kappa shape index (κ1) is 17.3. The van der Waals surface area contributed by atoms with Crippen molar-refractivity contribution in [2.45, 2.75) is 13.0 Å². The second kappa shape index (κ2) is 8.04. The number of carbonyl (C=O) groups is 1. The van der Waals surface area contributed by atoms with Crippen LogP contribution in [0.4, 0.5) is 11.7 Å². The maximum Gasteiger partial charge on any atom is 0.240 e. The molecule has 0 unspecified atom stereocenters. The molecule has 9 heteroatoms. The first-order valence-corrected chi connectivity index (χ1v) is 8.16. The molecule has 0 aromatic carbocycles. The molecule has 1 atom stereocenters. The maximum atomic E-state index is 12.1. The van der Waals surface area contributed by atoms with Crippen LogP contribution in [0.15, 0.2) is 28.9 Å². The van der Waals surface area contributed by atoms with Crippen LogP contribution in [-0.4, -0.2) is 72.1 Å². The SMILES string of the molecule is Cc1cc(NC(=O)CN2CCO[C@H](CN(C)c3cccnn3)C2)on1. The van der Waals surface area contributed by atoms with Gasteiger partial charge in [0.25, 0.3) is 0 Å². The Morgan fingerprint density at radius 1 is 1.52 bits per heavy atom. The maximum absolute atomic E-state index is 12.1. The van der Waals surface area contributed by atoms with Gasteiger partial charge in [0.15, 0.2) is 5.82 Å². The Bertz CT molecular complexity index is 692. The highest BCUT2D eigenvalue weighted by atomic mass is 16.5. The Morgan fingerprint density at radius 2 is 2.40 bits per heavy atom. The normalized spacial score (nSPS) is 18.1. The van der Waals surface area contributed by atoms with E-state index >= 15 is 0 Å². The summed E-state index contributed by atoms with van der Waals surface area (Å²) in [5.41, 5.74) is 0.730. The Labute approximate surface area is 145 Å². The highest BCUT2D eigenvalue weighted by Gasteiger charge is 2.24. The predicted octanol–water partition coefficient (Wildman–Crippen LogP) is 0.549. The average Bonchev–Trinajstić information content (AvgIpc) is 3.00.